The number of fused-ring (bicyclic) bond motifs is 1. The lowest BCUT2D eigenvalue weighted by atomic mass is 10.0. The van der Waals surface area contributed by atoms with Gasteiger partial charge in [0, 0.05) is 23.1 Å². The highest BCUT2D eigenvalue weighted by Crippen LogP contribution is 2.34. The summed E-state index contributed by atoms with van der Waals surface area (Å²) in [5, 5.41) is 12.0. The lowest BCUT2D eigenvalue weighted by Crippen LogP contribution is -2.30. The molecule has 9 nitrogen and oxygen atoms in total. The summed E-state index contributed by atoms with van der Waals surface area (Å²) in [5.41, 5.74) is 0.366. The minimum Gasteiger partial charge on any atom is -0.493 e. The predicted molar refractivity (Wildman–Crippen MR) is 101 cm³/mol. The van der Waals surface area contributed by atoms with Gasteiger partial charge in [-0.3, -0.25) is 4.79 Å². The molecule has 11 heteroatoms. The van der Waals surface area contributed by atoms with Gasteiger partial charge >= 0.3 is 0 Å². The zero-order chi connectivity index (χ0) is 20.5. The van der Waals surface area contributed by atoms with Crippen LogP contribution in [0.3, 0.4) is 0 Å². The van der Waals surface area contributed by atoms with Crippen LogP contribution in [0.4, 0.5) is 4.39 Å². The molecule has 0 saturated heterocycles. The molecule has 0 atom stereocenters. The van der Waals surface area contributed by atoms with Crippen LogP contribution >= 0.6 is 0 Å². The average Bonchev–Trinajstić information content (AvgIpc) is 2.65. The number of hydrogen-bond acceptors (Lipinski definition) is 6. The highest BCUT2D eigenvalue weighted by molar-refractivity contribution is 7.87. The standard InChI is InChI=1S/C17H17FN4O5S/c1-26-14-6-11-12(7-15(14)27-2)17(23)22-21-16(11)9-3-4-10(13(18)5-9)8-20-28(19,24)25/h3-7,20H,8H2,1-2H3,(H,22,23)(H2,19,24,25). The molecule has 4 N–H and O–H groups in total. The molecule has 148 valence electrons. The van der Waals surface area contributed by atoms with Crippen LogP contribution in [0.25, 0.3) is 22.0 Å². The molecule has 0 radical (unpaired) electrons. The van der Waals surface area contributed by atoms with Crippen LogP contribution in [-0.4, -0.2) is 32.8 Å². The minimum absolute atomic E-state index is 0.103. The Bertz CT molecular complexity index is 1210. The van der Waals surface area contributed by atoms with Gasteiger partial charge in [0.15, 0.2) is 11.5 Å². The van der Waals surface area contributed by atoms with Gasteiger partial charge in [-0.05, 0) is 18.2 Å². The van der Waals surface area contributed by atoms with Crippen molar-refractivity contribution in [3.63, 3.8) is 0 Å². The number of aromatic nitrogens is 2. The summed E-state index contributed by atoms with van der Waals surface area (Å²) in [5.74, 6) is 0.0987. The Balaban J connectivity index is 2.12. The number of methoxy groups -OCH3 is 2. The van der Waals surface area contributed by atoms with Crippen molar-refractivity contribution in [1.82, 2.24) is 14.9 Å². The van der Waals surface area contributed by atoms with Crippen LogP contribution in [-0.2, 0) is 16.8 Å². The monoisotopic (exact) mass is 408 g/mol. The van der Waals surface area contributed by atoms with Gasteiger partial charge in [-0.1, -0.05) is 12.1 Å². The van der Waals surface area contributed by atoms with E-state index in [0.717, 1.165) is 0 Å². The Morgan fingerprint density at radius 3 is 2.36 bits per heavy atom. The summed E-state index contributed by atoms with van der Waals surface area (Å²) in [7, 11) is -1.04. The smallest absolute Gasteiger partial charge is 0.274 e. The third-order valence-electron chi connectivity index (χ3n) is 4.08. The SMILES string of the molecule is COc1cc2c(-c3ccc(CNS(N)(=O)=O)c(F)c3)n[nH]c(=O)c2cc1OC. The minimum atomic E-state index is -3.94. The molecule has 1 heterocycles. The maximum Gasteiger partial charge on any atom is 0.274 e. The number of hydrogen-bond donors (Lipinski definition) is 3. The number of nitrogens with two attached hydrogens (primary N) is 1. The highest BCUT2D eigenvalue weighted by Gasteiger charge is 2.15. The molecule has 1 aromatic heterocycles. The zero-order valence-corrected chi connectivity index (χ0v) is 15.8. The Labute approximate surface area is 159 Å². The quantitative estimate of drug-likeness (QED) is 0.557. The Hall–Kier alpha value is -3.02. The molecule has 0 aliphatic carbocycles. The summed E-state index contributed by atoms with van der Waals surface area (Å²) in [6, 6.07) is 7.25. The predicted octanol–water partition coefficient (Wildman–Crippen LogP) is 1.04. The van der Waals surface area contributed by atoms with Gasteiger partial charge in [-0.2, -0.15) is 18.2 Å². The Morgan fingerprint density at radius 2 is 1.79 bits per heavy atom. The first-order valence-electron chi connectivity index (χ1n) is 7.94. The molecule has 0 amide bonds. The molecule has 0 saturated carbocycles. The fourth-order valence-corrected chi connectivity index (χ4v) is 3.08. The number of ether oxygens (including phenoxy) is 2. The van der Waals surface area contributed by atoms with E-state index in [0.29, 0.717) is 33.5 Å². The number of aromatic amines is 1. The van der Waals surface area contributed by atoms with E-state index in [2.05, 4.69) is 10.2 Å². The van der Waals surface area contributed by atoms with Crippen LogP contribution in [0.15, 0.2) is 35.1 Å². The first-order valence-corrected chi connectivity index (χ1v) is 9.48. The lowest BCUT2D eigenvalue weighted by molar-refractivity contribution is 0.356. The molecule has 2 aromatic carbocycles. The van der Waals surface area contributed by atoms with Gasteiger partial charge in [0.1, 0.15) is 5.82 Å². The molecule has 3 aromatic rings. The third-order valence-corrected chi connectivity index (χ3v) is 4.63. The van der Waals surface area contributed by atoms with Crippen LogP contribution in [0.1, 0.15) is 5.56 Å². The number of nitrogens with zero attached hydrogens (tertiary/aromatic N) is 1. The van der Waals surface area contributed by atoms with Crippen molar-refractivity contribution < 1.29 is 22.3 Å². The van der Waals surface area contributed by atoms with E-state index in [-0.39, 0.29) is 12.1 Å². The first kappa shape index (κ1) is 19.7. The van der Waals surface area contributed by atoms with E-state index in [1.54, 1.807) is 12.1 Å². The summed E-state index contributed by atoms with van der Waals surface area (Å²) in [4.78, 5) is 12.2. The Kier molecular flexibility index (Phi) is 5.31. The Morgan fingerprint density at radius 1 is 1.14 bits per heavy atom. The second-order valence-electron chi connectivity index (χ2n) is 5.83. The van der Waals surface area contributed by atoms with Gasteiger partial charge in [0.25, 0.3) is 15.8 Å². The fraction of sp³-hybridized carbons (Fsp3) is 0.176. The van der Waals surface area contributed by atoms with Crippen LogP contribution < -0.4 is 24.9 Å². The molecule has 0 bridgehead atoms. The van der Waals surface area contributed by atoms with Crippen molar-refractivity contribution in [3.8, 4) is 22.8 Å². The molecule has 0 aliphatic rings. The molecule has 3 rings (SSSR count). The second kappa shape index (κ2) is 7.54. The number of H-pyrrole nitrogens is 1. The number of benzene rings is 2. The van der Waals surface area contributed by atoms with Gasteiger partial charge in [-0.25, -0.2) is 14.6 Å². The first-order chi connectivity index (χ1) is 13.2. The topological polar surface area (TPSA) is 136 Å². The van der Waals surface area contributed by atoms with Crippen molar-refractivity contribution in [2.75, 3.05) is 14.2 Å². The lowest BCUT2D eigenvalue weighted by Gasteiger charge is -2.12. The van der Waals surface area contributed by atoms with Gasteiger partial charge in [0.05, 0.1) is 25.3 Å². The van der Waals surface area contributed by atoms with E-state index in [4.69, 9.17) is 14.6 Å². The van der Waals surface area contributed by atoms with Crippen molar-refractivity contribution in [1.29, 1.82) is 0 Å². The molecular formula is C17H17FN4O5S. The second-order valence-corrected chi connectivity index (χ2v) is 7.21. The van der Waals surface area contributed by atoms with Crippen LogP contribution in [0.5, 0.6) is 11.5 Å². The van der Waals surface area contributed by atoms with Crippen LogP contribution in [0, 0.1) is 5.82 Å². The number of nitrogens with one attached hydrogen (secondary N) is 2. The van der Waals surface area contributed by atoms with Crippen molar-refractivity contribution >= 4 is 21.0 Å². The normalized spacial score (nSPS) is 11.6. The van der Waals surface area contributed by atoms with Crippen molar-refractivity contribution in [2.24, 2.45) is 5.14 Å². The highest BCUT2D eigenvalue weighted by atomic mass is 32.2. The fourth-order valence-electron chi connectivity index (χ4n) is 2.73. The zero-order valence-electron chi connectivity index (χ0n) is 14.9. The number of rotatable bonds is 6. The molecule has 0 unspecified atom stereocenters. The van der Waals surface area contributed by atoms with Gasteiger partial charge in [-0.15, -0.1) is 0 Å². The van der Waals surface area contributed by atoms with Gasteiger partial charge in [0.2, 0.25) is 0 Å². The van der Waals surface area contributed by atoms with E-state index in [1.165, 1.54) is 32.4 Å². The maximum absolute atomic E-state index is 14.4. The molecular weight excluding hydrogens is 391 g/mol. The van der Waals surface area contributed by atoms with Crippen molar-refractivity contribution in [3.05, 3.63) is 52.1 Å². The third kappa shape index (κ3) is 3.96. The number of halogens is 1. The summed E-state index contributed by atoms with van der Waals surface area (Å²) < 4.78 is 48.9. The van der Waals surface area contributed by atoms with Crippen molar-refractivity contribution in [2.45, 2.75) is 6.54 Å². The maximum atomic E-state index is 14.4. The summed E-state index contributed by atoms with van der Waals surface area (Å²) in [6.07, 6.45) is 0. The van der Waals surface area contributed by atoms with E-state index < -0.39 is 21.6 Å². The summed E-state index contributed by atoms with van der Waals surface area (Å²) in [6.45, 7) is -0.296. The van der Waals surface area contributed by atoms with Gasteiger partial charge < -0.3 is 9.47 Å². The van der Waals surface area contributed by atoms with Crippen LogP contribution in [0.2, 0.25) is 0 Å². The molecule has 0 fully saturated rings. The van der Waals surface area contributed by atoms with E-state index in [1.807, 2.05) is 4.72 Å². The van der Waals surface area contributed by atoms with E-state index >= 15 is 0 Å². The largest absolute Gasteiger partial charge is 0.493 e. The molecule has 0 spiro atoms. The van der Waals surface area contributed by atoms with E-state index in [9.17, 15) is 17.6 Å². The molecule has 28 heavy (non-hydrogen) atoms. The molecule has 0 aliphatic heterocycles. The summed E-state index contributed by atoms with van der Waals surface area (Å²) >= 11 is 0. The average molecular weight is 408 g/mol.